The molecule has 26 heavy (non-hydrogen) atoms. The van der Waals surface area contributed by atoms with Crippen LogP contribution in [0.1, 0.15) is 56.6 Å². The van der Waals surface area contributed by atoms with E-state index in [-0.39, 0.29) is 0 Å². The first kappa shape index (κ1) is 21.1. The summed E-state index contributed by atoms with van der Waals surface area (Å²) in [5.41, 5.74) is 2.04. The smallest absolute Gasteiger partial charge is 0.120 e. The van der Waals surface area contributed by atoms with Crippen molar-refractivity contribution >= 4 is 23.2 Å². The first-order chi connectivity index (χ1) is 12.7. The number of benzene rings is 2. The van der Waals surface area contributed by atoms with Crippen LogP contribution in [-0.2, 0) is 13.2 Å². The van der Waals surface area contributed by atoms with E-state index in [1.165, 1.54) is 44.1 Å². The van der Waals surface area contributed by atoms with Crippen molar-refractivity contribution in [2.45, 2.75) is 58.6 Å². The molecule has 4 heteroatoms. The number of hydrogen-bond acceptors (Lipinski definition) is 2. The Kier molecular flexibility index (Phi) is 9.91. The average molecular weight is 394 g/mol. The Morgan fingerprint density at radius 3 is 2.35 bits per heavy atom. The van der Waals surface area contributed by atoms with Gasteiger partial charge in [0.2, 0.25) is 0 Å². The van der Waals surface area contributed by atoms with Gasteiger partial charge in [0.15, 0.2) is 0 Å². The predicted molar refractivity (Wildman–Crippen MR) is 112 cm³/mol. The van der Waals surface area contributed by atoms with Crippen molar-refractivity contribution < 1.29 is 4.74 Å². The van der Waals surface area contributed by atoms with Crippen molar-refractivity contribution in [3.63, 3.8) is 0 Å². The van der Waals surface area contributed by atoms with Crippen LogP contribution in [0.3, 0.4) is 0 Å². The second kappa shape index (κ2) is 12.2. The number of rotatable bonds is 12. The molecule has 0 spiro atoms. The molecule has 0 unspecified atom stereocenters. The summed E-state index contributed by atoms with van der Waals surface area (Å²) >= 11 is 12.4. The maximum absolute atomic E-state index is 6.19. The van der Waals surface area contributed by atoms with Gasteiger partial charge in [-0.15, -0.1) is 0 Å². The summed E-state index contributed by atoms with van der Waals surface area (Å²) < 4.78 is 5.88. The predicted octanol–water partition coefficient (Wildman–Crippen LogP) is 7.02. The van der Waals surface area contributed by atoms with Gasteiger partial charge < -0.3 is 10.1 Å². The lowest BCUT2D eigenvalue weighted by molar-refractivity contribution is 0.306. The zero-order valence-electron chi connectivity index (χ0n) is 15.6. The quantitative estimate of drug-likeness (QED) is 0.391. The summed E-state index contributed by atoms with van der Waals surface area (Å²) in [4.78, 5) is 0. The van der Waals surface area contributed by atoms with Gasteiger partial charge in [-0.2, -0.15) is 0 Å². The monoisotopic (exact) mass is 393 g/mol. The maximum Gasteiger partial charge on any atom is 0.120 e. The van der Waals surface area contributed by atoms with Crippen LogP contribution in [-0.4, -0.2) is 6.54 Å². The molecule has 0 amide bonds. The number of unbranched alkanes of at least 4 members (excludes halogenated alkanes) is 5. The molecular weight excluding hydrogens is 365 g/mol. The Bertz CT molecular complexity index is 640. The standard InChI is InChI=1S/C22H29Cl2NO/c1-2-3-4-5-6-7-14-25-16-18-10-8-11-19(15-18)26-17-20-21(23)12-9-13-22(20)24/h8-13,15,25H,2-7,14,16-17H2,1H3. The van der Waals surface area contributed by atoms with Crippen LogP contribution in [0.15, 0.2) is 42.5 Å². The molecule has 0 atom stereocenters. The molecule has 0 saturated carbocycles. The SMILES string of the molecule is CCCCCCCCNCc1cccc(OCc2c(Cl)cccc2Cl)c1. The summed E-state index contributed by atoms with van der Waals surface area (Å²) in [5, 5.41) is 4.78. The van der Waals surface area contributed by atoms with Crippen LogP contribution in [0.25, 0.3) is 0 Å². The molecule has 2 rings (SSSR count). The Morgan fingerprint density at radius 1 is 0.885 bits per heavy atom. The highest BCUT2D eigenvalue weighted by Crippen LogP contribution is 2.26. The highest BCUT2D eigenvalue weighted by atomic mass is 35.5. The third kappa shape index (κ3) is 7.57. The van der Waals surface area contributed by atoms with Gasteiger partial charge in [0, 0.05) is 22.2 Å². The molecule has 0 saturated heterocycles. The average Bonchev–Trinajstić information content (AvgIpc) is 2.64. The lowest BCUT2D eigenvalue weighted by Crippen LogP contribution is -2.14. The Hall–Kier alpha value is -1.22. The fourth-order valence-electron chi connectivity index (χ4n) is 2.83. The van der Waals surface area contributed by atoms with Crippen molar-refractivity contribution in [1.29, 1.82) is 0 Å². The molecule has 2 aromatic rings. The fourth-order valence-corrected chi connectivity index (χ4v) is 3.34. The fraction of sp³-hybridized carbons (Fsp3) is 0.455. The van der Waals surface area contributed by atoms with E-state index in [9.17, 15) is 0 Å². The van der Waals surface area contributed by atoms with Crippen molar-refractivity contribution in [3.8, 4) is 5.75 Å². The van der Waals surface area contributed by atoms with Crippen molar-refractivity contribution in [3.05, 3.63) is 63.6 Å². The molecule has 0 heterocycles. The van der Waals surface area contributed by atoms with Crippen LogP contribution in [0.4, 0.5) is 0 Å². The molecule has 0 aliphatic heterocycles. The summed E-state index contributed by atoms with van der Waals surface area (Å²) in [6, 6.07) is 13.7. The lowest BCUT2D eigenvalue weighted by atomic mass is 10.1. The molecule has 0 aromatic heterocycles. The first-order valence-electron chi connectivity index (χ1n) is 9.56. The lowest BCUT2D eigenvalue weighted by Gasteiger charge is -2.11. The minimum atomic E-state index is 0.368. The van der Waals surface area contributed by atoms with Crippen molar-refractivity contribution in [2.75, 3.05) is 6.54 Å². The number of ether oxygens (including phenoxy) is 1. The second-order valence-electron chi connectivity index (χ2n) is 6.58. The maximum atomic E-state index is 6.19. The molecule has 0 radical (unpaired) electrons. The van der Waals surface area contributed by atoms with E-state index in [0.717, 1.165) is 24.4 Å². The first-order valence-corrected chi connectivity index (χ1v) is 10.3. The number of hydrogen-bond donors (Lipinski definition) is 1. The largest absolute Gasteiger partial charge is 0.489 e. The molecular formula is C22H29Cl2NO. The molecule has 142 valence electrons. The van der Waals surface area contributed by atoms with Gasteiger partial charge in [0.25, 0.3) is 0 Å². The number of halogens is 2. The van der Waals surface area contributed by atoms with E-state index < -0.39 is 0 Å². The van der Waals surface area contributed by atoms with Gasteiger partial charge in [-0.1, -0.05) is 80.4 Å². The molecule has 1 N–H and O–H groups in total. The van der Waals surface area contributed by atoms with Crippen molar-refractivity contribution in [2.24, 2.45) is 0 Å². The van der Waals surface area contributed by atoms with Gasteiger partial charge >= 0.3 is 0 Å². The number of nitrogens with one attached hydrogen (secondary N) is 1. The normalized spacial score (nSPS) is 10.9. The van der Waals surface area contributed by atoms with E-state index in [1.807, 2.05) is 30.3 Å². The molecule has 0 aliphatic carbocycles. The second-order valence-corrected chi connectivity index (χ2v) is 7.40. The van der Waals surface area contributed by atoms with Gasteiger partial charge in [0.1, 0.15) is 12.4 Å². The summed E-state index contributed by atoms with van der Waals surface area (Å²) in [7, 11) is 0. The van der Waals surface area contributed by atoms with Gasteiger partial charge in [-0.3, -0.25) is 0 Å². The third-order valence-electron chi connectivity index (χ3n) is 4.38. The van der Waals surface area contributed by atoms with E-state index in [4.69, 9.17) is 27.9 Å². The highest BCUT2D eigenvalue weighted by molar-refractivity contribution is 6.35. The van der Waals surface area contributed by atoms with Crippen LogP contribution >= 0.6 is 23.2 Å². The molecule has 2 aromatic carbocycles. The Morgan fingerprint density at radius 2 is 1.58 bits per heavy atom. The highest BCUT2D eigenvalue weighted by Gasteiger charge is 2.06. The van der Waals surface area contributed by atoms with Crippen LogP contribution in [0, 0.1) is 0 Å². The summed E-state index contributed by atoms with van der Waals surface area (Å²) in [5.74, 6) is 0.833. The third-order valence-corrected chi connectivity index (χ3v) is 5.09. The van der Waals surface area contributed by atoms with Crippen LogP contribution in [0.5, 0.6) is 5.75 Å². The topological polar surface area (TPSA) is 21.3 Å². The summed E-state index contributed by atoms with van der Waals surface area (Å²) in [6.07, 6.45) is 7.94. The van der Waals surface area contributed by atoms with Gasteiger partial charge in [0.05, 0.1) is 0 Å². The zero-order chi connectivity index (χ0) is 18.6. The van der Waals surface area contributed by atoms with Crippen molar-refractivity contribution in [1.82, 2.24) is 5.32 Å². The minimum Gasteiger partial charge on any atom is -0.489 e. The Labute approximate surface area is 167 Å². The Balaban J connectivity index is 1.72. The van der Waals surface area contributed by atoms with Gasteiger partial charge in [-0.05, 0) is 42.8 Å². The molecule has 0 aliphatic rings. The van der Waals surface area contributed by atoms with E-state index in [2.05, 4.69) is 24.4 Å². The van der Waals surface area contributed by atoms with Gasteiger partial charge in [-0.25, -0.2) is 0 Å². The molecule has 0 fully saturated rings. The van der Waals surface area contributed by atoms with E-state index in [0.29, 0.717) is 16.7 Å². The zero-order valence-corrected chi connectivity index (χ0v) is 17.1. The van der Waals surface area contributed by atoms with E-state index in [1.54, 1.807) is 0 Å². The van der Waals surface area contributed by atoms with E-state index >= 15 is 0 Å². The summed E-state index contributed by atoms with van der Waals surface area (Å²) in [6.45, 7) is 4.54. The van der Waals surface area contributed by atoms with Crippen LogP contribution < -0.4 is 10.1 Å². The molecule has 0 bridgehead atoms. The van der Waals surface area contributed by atoms with Crippen LogP contribution in [0.2, 0.25) is 10.0 Å². The molecule has 2 nitrogen and oxygen atoms in total. The minimum absolute atomic E-state index is 0.368.